The average molecular weight is 340 g/mol. The lowest BCUT2D eigenvalue weighted by atomic mass is 10.00. The summed E-state index contributed by atoms with van der Waals surface area (Å²) in [6, 6.07) is 9.22. The first-order valence-corrected chi connectivity index (χ1v) is 7.68. The van der Waals surface area contributed by atoms with Crippen molar-refractivity contribution in [1.82, 2.24) is 0 Å². The summed E-state index contributed by atoms with van der Waals surface area (Å²) in [6.45, 7) is 4.11. The number of rotatable bonds is 5. The molecular formula is C17H21FO6. The molecule has 0 aromatic heterocycles. The van der Waals surface area contributed by atoms with E-state index >= 15 is 0 Å². The van der Waals surface area contributed by atoms with Gasteiger partial charge in [-0.25, -0.2) is 4.39 Å². The Hall–Kier alpha value is -1.99. The number of ether oxygens (including phenoxy) is 4. The number of esters is 2. The van der Waals surface area contributed by atoms with E-state index in [0.717, 1.165) is 12.5 Å². The van der Waals surface area contributed by atoms with Crippen molar-refractivity contribution < 1.29 is 32.9 Å². The molecule has 7 heteroatoms. The van der Waals surface area contributed by atoms with Crippen molar-refractivity contribution in [3.8, 4) is 0 Å². The van der Waals surface area contributed by atoms with Crippen LogP contribution in [-0.4, -0.2) is 42.7 Å². The lowest BCUT2D eigenvalue weighted by Crippen LogP contribution is -2.58. The van der Waals surface area contributed by atoms with Gasteiger partial charge in [0.15, 0.2) is 24.7 Å². The maximum Gasteiger partial charge on any atom is 0.303 e. The fourth-order valence-corrected chi connectivity index (χ4v) is 2.53. The molecule has 1 aromatic rings. The Labute approximate surface area is 139 Å². The lowest BCUT2D eigenvalue weighted by molar-refractivity contribution is -0.286. The van der Waals surface area contributed by atoms with Gasteiger partial charge in [0.25, 0.3) is 0 Å². The summed E-state index contributed by atoms with van der Waals surface area (Å²) in [5.74, 6) is -1.28. The Kier molecular flexibility index (Phi) is 6.28. The fraction of sp³-hybridized carbons (Fsp3) is 0.529. The standard InChI is InChI=1S/C17H21FO6/c1-10-15(23-11(2)19)16(24-12(3)20)14(18)17(22-10)21-9-13-7-5-4-6-8-13/h4-8,10,14-17H,9H2,1-3H3/t10-,14+,15+,16-,17+/m0/s1. The topological polar surface area (TPSA) is 71.1 Å². The van der Waals surface area contributed by atoms with Crippen LogP contribution < -0.4 is 0 Å². The summed E-state index contributed by atoms with van der Waals surface area (Å²) < 4.78 is 35.8. The highest BCUT2D eigenvalue weighted by molar-refractivity contribution is 5.67. The molecule has 132 valence electrons. The molecule has 0 radical (unpaired) electrons. The lowest BCUT2D eigenvalue weighted by Gasteiger charge is -2.41. The summed E-state index contributed by atoms with van der Waals surface area (Å²) >= 11 is 0. The van der Waals surface area contributed by atoms with Crippen molar-refractivity contribution in [2.24, 2.45) is 0 Å². The molecule has 0 saturated carbocycles. The van der Waals surface area contributed by atoms with Crippen LogP contribution in [0.4, 0.5) is 4.39 Å². The van der Waals surface area contributed by atoms with Crippen molar-refractivity contribution in [2.45, 2.75) is 58.2 Å². The van der Waals surface area contributed by atoms with E-state index in [1.165, 1.54) is 6.92 Å². The predicted octanol–water partition coefficient (Wildman–Crippen LogP) is 2.15. The third-order valence-electron chi connectivity index (χ3n) is 3.57. The average Bonchev–Trinajstić information content (AvgIpc) is 2.53. The molecule has 1 fully saturated rings. The van der Waals surface area contributed by atoms with Crippen molar-refractivity contribution in [3.05, 3.63) is 35.9 Å². The minimum atomic E-state index is -1.78. The van der Waals surface area contributed by atoms with E-state index in [1.54, 1.807) is 6.92 Å². The highest BCUT2D eigenvalue weighted by Crippen LogP contribution is 2.29. The molecule has 0 spiro atoms. The quantitative estimate of drug-likeness (QED) is 0.765. The highest BCUT2D eigenvalue weighted by Gasteiger charge is 2.49. The van der Waals surface area contributed by atoms with Crippen molar-refractivity contribution in [1.29, 1.82) is 0 Å². The van der Waals surface area contributed by atoms with Crippen molar-refractivity contribution in [3.63, 3.8) is 0 Å². The zero-order valence-corrected chi connectivity index (χ0v) is 13.8. The van der Waals surface area contributed by atoms with Gasteiger partial charge in [-0.3, -0.25) is 9.59 Å². The maximum absolute atomic E-state index is 14.7. The molecule has 0 N–H and O–H groups in total. The second-order valence-corrected chi connectivity index (χ2v) is 5.60. The number of hydrogen-bond donors (Lipinski definition) is 0. The Morgan fingerprint density at radius 3 is 2.25 bits per heavy atom. The summed E-state index contributed by atoms with van der Waals surface area (Å²) in [6.07, 6.45) is -6.01. The Morgan fingerprint density at radius 1 is 1.08 bits per heavy atom. The number of carbonyl (C=O) groups is 2. The number of hydrogen-bond acceptors (Lipinski definition) is 6. The fourth-order valence-electron chi connectivity index (χ4n) is 2.53. The van der Waals surface area contributed by atoms with E-state index in [4.69, 9.17) is 18.9 Å². The zero-order chi connectivity index (χ0) is 17.7. The van der Waals surface area contributed by atoms with Crippen LogP contribution in [0.5, 0.6) is 0 Å². The predicted molar refractivity (Wildman–Crippen MR) is 81.6 cm³/mol. The zero-order valence-electron chi connectivity index (χ0n) is 13.8. The van der Waals surface area contributed by atoms with Gasteiger partial charge in [0.2, 0.25) is 0 Å². The van der Waals surface area contributed by atoms with Crippen LogP contribution in [0, 0.1) is 0 Å². The molecule has 1 aliphatic rings. The van der Waals surface area contributed by atoms with E-state index in [0.29, 0.717) is 0 Å². The summed E-state index contributed by atoms with van der Waals surface area (Å²) in [5.41, 5.74) is 0.854. The molecule has 1 saturated heterocycles. The van der Waals surface area contributed by atoms with E-state index < -0.39 is 42.7 Å². The number of benzene rings is 1. The molecule has 0 aliphatic carbocycles. The second-order valence-electron chi connectivity index (χ2n) is 5.60. The van der Waals surface area contributed by atoms with Gasteiger partial charge in [0, 0.05) is 13.8 Å². The third-order valence-corrected chi connectivity index (χ3v) is 3.57. The van der Waals surface area contributed by atoms with Gasteiger partial charge < -0.3 is 18.9 Å². The monoisotopic (exact) mass is 340 g/mol. The van der Waals surface area contributed by atoms with Gasteiger partial charge in [0.05, 0.1) is 12.7 Å². The third kappa shape index (κ3) is 4.75. The second kappa shape index (κ2) is 8.21. The van der Waals surface area contributed by atoms with E-state index in [9.17, 15) is 14.0 Å². The van der Waals surface area contributed by atoms with Gasteiger partial charge in [-0.05, 0) is 12.5 Å². The number of alkyl halides is 1. The van der Waals surface area contributed by atoms with E-state index in [1.807, 2.05) is 30.3 Å². The van der Waals surface area contributed by atoms with Gasteiger partial charge in [0.1, 0.15) is 0 Å². The highest BCUT2D eigenvalue weighted by atomic mass is 19.1. The number of carbonyl (C=O) groups excluding carboxylic acids is 2. The van der Waals surface area contributed by atoms with Crippen LogP contribution in [0.1, 0.15) is 26.3 Å². The summed E-state index contributed by atoms with van der Waals surface area (Å²) in [4.78, 5) is 22.5. The van der Waals surface area contributed by atoms with Crippen LogP contribution >= 0.6 is 0 Å². The first-order valence-electron chi connectivity index (χ1n) is 7.68. The maximum atomic E-state index is 14.7. The van der Waals surface area contributed by atoms with Crippen LogP contribution in [-0.2, 0) is 35.1 Å². The first kappa shape index (κ1) is 18.4. The molecule has 0 bridgehead atoms. The Morgan fingerprint density at radius 2 is 1.67 bits per heavy atom. The smallest absolute Gasteiger partial charge is 0.303 e. The summed E-state index contributed by atoms with van der Waals surface area (Å²) in [7, 11) is 0. The van der Waals surface area contributed by atoms with Crippen LogP contribution in [0.3, 0.4) is 0 Å². The molecule has 24 heavy (non-hydrogen) atoms. The van der Waals surface area contributed by atoms with Crippen LogP contribution in [0.25, 0.3) is 0 Å². The van der Waals surface area contributed by atoms with Crippen LogP contribution in [0.15, 0.2) is 30.3 Å². The molecule has 2 rings (SSSR count). The van der Waals surface area contributed by atoms with Gasteiger partial charge >= 0.3 is 11.9 Å². The van der Waals surface area contributed by atoms with Crippen molar-refractivity contribution in [2.75, 3.05) is 0 Å². The largest absolute Gasteiger partial charge is 0.456 e. The molecule has 1 heterocycles. The summed E-state index contributed by atoms with van der Waals surface area (Å²) in [5, 5.41) is 0. The van der Waals surface area contributed by atoms with Gasteiger partial charge in [-0.2, -0.15) is 0 Å². The van der Waals surface area contributed by atoms with Gasteiger partial charge in [-0.15, -0.1) is 0 Å². The molecule has 0 amide bonds. The molecule has 1 aromatic carbocycles. The van der Waals surface area contributed by atoms with Crippen LogP contribution in [0.2, 0.25) is 0 Å². The van der Waals surface area contributed by atoms with Crippen molar-refractivity contribution >= 4 is 11.9 Å². The normalized spacial score (nSPS) is 29.8. The van der Waals surface area contributed by atoms with Gasteiger partial charge in [-0.1, -0.05) is 30.3 Å². The number of halogens is 1. The minimum absolute atomic E-state index is 0.143. The first-order chi connectivity index (χ1) is 11.4. The minimum Gasteiger partial charge on any atom is -0.456 e. The van der Waals surface area contributed by atoms with E-state index in [2.05, 4.69) is 0 Å². The Bertz CT molecular complexity index is 563. The SMILES string of the molecule is CC(=O)O[C@H]1[C@@H](F)[C@H](OCc2ccccc2)O[C@@H](C)[C@H]1OC(C)=O. The van der Waals surface area contributed by atoms with E-state index in [-0.39, 0.29) is 6.61 Å². The molecule has 0 unspecified atom stereocenters. The molecule has 5 atom stereocenters. The molecule has 1 aliphatic heterocycles. The molecular weight excluding hydrogens is 319 g/mol. The Balaban J connectivity index is 2.08. The molecule has 6 nitrogen and oxygen atoms in total.